The highest BCUT2D eigenvalue weighted by atomic mass is 35.5. The molecule has 1 unspecified atom stereocenters. The predicted octanol–water partition coefficient (Wildman–Crippen LogP) is 2.72. The van der Waals surface area contributed by atoms with Crippen LogP contribution in [0.3, 0.4) is 0 Å². The normalized spacial score (nSPS) is 21.3. The van der Waals surface area contributed by atoms with Gasteiger partial charge in [0.25, 0.3) is 0 Å². The first-order chi connectivity index (χ1) is 10.5. The Morgan fingerprint density at radius 1 is 1.45 bits per heavy atom. The number of halogens is 1. The van der Waals surface area contributed by atoms with E-state index in [4.69, 9.17) is 21.9 Å². The number of carbonyl (C=O) groups excluding carboxylic acids is 1. The minimum Gasteiger partial charge on any atom is -0.369 e. The van der Waals surface area contributed by atoms with Crippen molar-refractivity contribution in [3.63, 3.8) is 0 Å². The molecule has 3 rings (SSSR count). The summed E-state index contributed by atoms with van der Waals surface area (Å²) in [4.78, 5) is 17.3. The number of nitrogens with zero attached hydrogens (tertiary/aromatic N) is 3. The molecule has 2 heterocycles. The molecule has 0 bridgehead atoms. The van der Waals surface area contributed by atoms with Gasteiger partial charge in [-0.05, 0) is 37.5 Å². The monoisotopic (exact) mass is 320 g/mol. The van der Waals surface area contributed by atoms with Gasteiger partial charge in [0.05, 0.1) is 5.02 Å². The van der Waals surface area contributed by atoms with Gasteiger partial charge in [0, 0.05) is 23.8 Å². The van der Waals surface area contributed by atoms with Crippen LogP contribution in [-0.4, -0.2) is 28.6 Å². The van der Waals surface area contributed by atoms with Crippen LogP contribution < -0.4 is 10.6 Å². The van der Waals surface area contributed by atoms with Crippen molar-refractivity contribution in [3.8, 4) is 11.4 Å². The minimum atomic E-state index is -0.758. The molecule has 2 atom stereocenters. The second-order valence-electron chi connectivity index (χ2n) is 5.65. The fourth-order valence-electron chi connectivity index (χ4n) is 2.76. The number of anilines is 1. The maximum atomic E-state index is 11.0. The Kier molecular flexibility index (Phi) is 3.78. The van der Waals surface area contributed by atoms with Crippen LogP contribution in [0, 0.1) is 5.92 Å². The molecule has 116 valence electrons. The van der Waals surface area contributed by atoms with Crippen LogP contribution in [0.4, 0.5) is 5.69 Å². The average molecular weight is 321 g/mol. The molecule has 0 aliphatic carbocycles. The van der Waals surface area contributed by atoms with Crippen molar-refractivity contribution in [1.82, 2.24) is 10.1 Å². The van der Waals surface area contributed by atoms with E-state index in [2.05, 4.69) is 28.9 Å². The number of amides is 1. The summed E-state index contributed by atoms with van der Waals surface area (Å²) in [5.74, 6) is -0.0644. The Labute approximate surface area is 133 Å². The Morgan fingerprint density at radius 2 is 2.23 bits per heavy atom. The smallest absolute Gasteiger partial charge is 0.316 e. The van der Waals surface area contributed by atoms with E-state index in [0.29, 0.717) is 22.5 Å². The first kappa shape index (κ1) is 14.8. The van der Waals surface area contributed by atoms with Crippen molar-refractivity contribution in [2.24, 2.45) is 11.7 Å². The van der Waals surface area contributed by atoms with Crippen LogP contribution in [0.1, 0.15) is 31.0 Å². The molecule has 6 nitrogen and oxygen atoms in total. The minimum absolute atomic E-state index is 0.225. The van der Waals surface area contributed by atoms with E-state index in [1.165, 1.54) is 6.42 Å². The molecule has 1 fully saturated rings. The van der Waals surface area contributed by atoms with Crippen LogP contribution in [0.15, 0.2) is 22.7 Å². The lowest BCUT2D eigenvalue weighted by Crippen LogP contribution is -2.28. The van der Waals surface area contributed by atoms with E-state index in [-0.39, 0.29) is 11.7 Å². The molecular formula is C15H17ClN4O2. The molecule has 1 aromatic carbocycles. The van der Waals surface area contributed by atoms with E-state index >= 15 is 0 Å². The summed E-state index contributed by atoms with van der Waals surface area (Å²) in [6.07, 6.45) is 1.17. The maximum Gasteiger partial charge on any atom is 0.316 e. The first-order valence-corrected chi connectivity index (χ1v) is 7.55. The molecule has 22 heavy (non-hydrogen) atoms. The van der Waals surface area contributed by atoms with E-state index in [9.17, 15) is 4.79 Å². The molecule has 2 N–H and O–H groups in total. The second-order valence-corrected chi connectivity index (χ2v) is 6.06. The van der Waals surface area contributed by atoms with Crippen LogP contribution in [0.5, 0.6) is 0 Å². The molecule has 1 aliphatic heterocycles. The van der Waals surface area contributed by atoms with Gasteiger partial charge in [0.1, 0.15) is 0 Å². The summed E-state index contributed by atoms with van der Waals surface area (Å²) in [6.45, 7) is 5.50. The summed E-state index contributed by atoms with van der Waals surface area (Å²) in [7, 11) is 0. The summed E-state index contributed by atoms with van der Waals surface area (Å²) in [6, 6.07) is 6.19. The summed E-state index contributed by atoms with van der Waals surface area (Å²) < 4.78 is 4.79. The van der Waals surface area contributed by atoms with Crippen molar-refractivity contribution in [2.45, 2.75) is 26.3 Å². The molecular weight excluding hydrogens is 304 g/mol. The number of carbonyl (C=O) groups is 1. The third kappa shape index (κ3) is 2.54. The topological polar surface area (TPSA) is 85.3 Å². The van der Waals surface area contributed by atoms with Gasteiger partial charge in [-0.3, -0.25) is 4.79 Å². The van der Waals surface area contributed by atoms with Crippen LogP contribution >= 0.6 is 11.6 Å². The Bertz CT molecular complexity index is 715. The van der Waals surface area contributed by atoms with Gasteiger partial charge in [-0.2, -0.15) is 4.98 Å². The Hall–Kier alpha value is -2.08. The van der Waals surface area contributed by atoms with Gasteiger partial charge >= 0.3 is 11.8 Å². The van der Waals surface area contributed by atoms with Gasteiger partial charge in [0.2, 0.25) is 5.82 Å². The van der Waals surface area contributed by atoms with E-state index in [1.54, 1.807) is 0 Å². The van der Waals surface area contributed by atoms with Gasteiger partial charge in [-0.1, -0.05) is 23.7 Å². The molecule has 1 saturated heterocycles. The second kappa shape index (κ2) is 5.61. The van der Waals surface area contributed by atoms with Gasteiger partial charge in [-0.25, -0.2) is 0 Å². The van der Waals surface area contributed by atoms with Crippen LogP contribution in [0.25, 0.3) is 11.4 Å². The highest BCUT2D eigenvalue weighted by Crippen LogP contribution is 2.34. The number of nitrogens with two attached hydrogens (primary N) is 1. The molecule has 0 radical (unpaired) electrons. The van der Waals surface area contributed by atoms with Crippen LogP contribution in [0.2, 0.25) is 5.02 Å². The largest absolute Gasteiger partial charge is 0.369 e. The quantitative estimate of drug-likeness (QED) is 0.939. The van der Waals surface area contributed by atoms with Gasteiger partial charge < -0.3 is 15.2 Å². The summed E-state index contributed by atoms with van der Waals surface area (Å²) in [5, 5.41) is 4.25. The fraction of sp³-hybridized carbons (Fsp3) is 0.400. The molecule has 0 saturated carbocycles. The third-order valence-corrected chi connectivity index (χ3v) is 4.62. The zero-order valence-electron chi connectivity index (χ0n) is 12.4. The van der Waals surface area contributed by atoms with E-state index < -0.39 is 5.91 Å². The van der Waals surface area contributed by atoms with Crippen molar-refractivity contribution < 1.29 is 9.32 Å². The molecule has 7 heteroatoms. The van der Waals surface area contributed by atoms with E-state index in [0.717, 1.165) is 12.2 Å². The predicted molar refractivity (Wildman–Crippen MR) is 83.9 cm³/mol. The molecule has 1 aliphatic rings. The summed E-state index contributed by atoms with van der Waals surface area (Å²) >= 11 is 6.35. The zero-order valence-corrected chi connectivity index (χ0v) is 13.2. The van der Waals surface area contributed by atoms with Crippen molar-refractivity contribution in [2.75, 3.05) is 11.4 Å². The zero-order chi connectivity index (χ0) is 15.9. The summed E-state index contributed by atoms with van der Waals surface area (Å²) in [5.41, 5.74) is 6.79. The number of primary amides is 1. The lowest BCUT2D eigenvalue weighted by molar-refractivity contribution is 0.0958. The van der Waals surface area contributed by atoms with Crippen LogP contribution in [-0.2, 0) is 0 Å². The third-order valence-electron chi connectivity index (χ3n) is 4.30. The number of hydrogen-bond donors (Lipinski definition) is 1. The fourth-order valence-corrected chi connectivity index (χ4v) is 3.02. The number of aromatic nitrogens is 2. The molecule has 1 amide bonds. The lowest BCUT2D eigenvalue weighted by Gasteiger charge is -2.26. The first-order valence-electron chi connectivity index (χ1n) is 7.17. The maximum absolute atomic E-state index is 11.0. The van der Waals surface area contributed by atoms with E-state index in [1.807, 2.05) is 18.2 Å². The number of hydrogen-bond acceptors (Lipinski definition) is 5. The highest BCUT2D eigenvalue weighted by Gasteiger charge is 2.28. The van der Waals surface area contributed by atoms with Crippen molar-refractivity contribution in [1.29, 1.82) is 0 Å². The Morgan fingerprint density at radius 3 is 2.77 bits per heavy atom. The highest BCUT2D eigenvalue weighted by molar-refractivity contribution is 6.33. The van der Waals surface area contributed by atoms with Gasteiger partial charge in [0.15, 0.2) is 0 Å². The van der Waals surface area contributed by atoms with Crippen molar-refractivity contribution >= 4 is 23.2 Å². The van der Waals surface area contributed by atoms with Gasteiger partial charge in [-0.15, -0.1) is 0 Å². The molecule has 2 aromatic rings. The number of rotatable bonds is 3. The molecule has 1 aromatic heterocycles. The SMILES string of the molecule is CC1CCN(c2ccc(-c3noc(C(N)=O)n3)c(Cl)c2)[C@H]1C. The average Bonchev–Trinajstić information content (AvgIpc) is 3.08. The standard InChI is InChI=1S/C15H17ClN4O2/c1-8-5-6-20(9(8)2)10-3-4-11(12(16)7-10)14-18-15(13(17)21)22-19-14/h3-4,7-9H,5-6H2,1-2H3,(H2,17,21)/t8?,9-/m0/s1. The number of benzene rings is 1. The van der Waals surface area contributed by atoms with Crippen molar-refractivity contribution in [3.05, 3.63) is 29.1 Å². The lowest BCUT2D eigenvalue weighted by atomic mass is 10.0. The molecule has 0 spiro atoms. The Balaban J connectivity index is 1.90.